The summed E-state index contributed by atoms with van der Waals surface area (Å²) in [5.41, 5.74) is 5.85. The van der Waals surface area contributed by atoms with E-state index in [2.05, 4.69) is 10.6 Å². The summed E-state index contributed by atoms with van der Waals surface area (Å²) < 4.78 is 0. The van der Waals surface area contributed by atoms with Gasteiger partial charge in [-0.05, 0) is 18.3 Å². The zero-order valence-corrected chi connectivity index (χ0v) is 12.1. The third kappa shape index (κ3) is 5.49. The van der Waals surface area contributed by atoms with Gasteiger partial charge in [-0.25, -0.2) is 0 Å². The number of carbonyl (C=O) groups excluding carboxylic acids is 2. The van der Waals surface area contributed by atoms with Crippen molar-refractivity contribution in [3.05, 3.63) is 0 Å². The van der Waals surface area contributed by atoms with Gasteiger partial charge in [-0.1, -0.05) is 34.1 Å². The molecule has 3 unspecified atom stereocenters. The number of carbonyl (C=O) groups is 2. The number of likely N-dealkylation sites (N-methyl/N-ethyl adjacent to an activating group) is 1. The van der Waals surface area contributed by atoms with Gasteiger partial charge in [0.05, 0.1) is 6.04 Å². The van der Waals surface area contributed by atoms with Gasteiger partial charge in [0, 0.05) is 7.05 Å². The maximum absolute atomic E-state index is 11.9. The summed E-state index contributed by atoms with van der Waals surface area (Å²) in [4.78, 5) is 23.6. The SMILES string of the molecule is CCC(C)C(N)C(=O)NC(CC(C)C)C(=O)NC. The van der Waals surface area contributed by atoms with Gasteiger partial charge in [-0.15, -0.1) is 0 Å². The van der Waals surface area contributed by atoms with E-state index in [1.165, 1.54) is 0 Å². The first-order chi connectivity index (χ1) is 8.33. The van der Waals surface area contributed by atoms with Crippen molar-refractivity contribution in [2.45, 2.75) is 52.6 Å². The van der Waals surface area contributed by atoms with Crippen LogP contribution in [-0.2, 0) is 9.59 Å². The highest BCUT2D eigenvalue weighted by Crippen LogP contribution is 2.08. The number of hydrogen-bond donors (Lipinski definition) is 3. The summed E-state index contributed by atoms with van der Waals surface area (Å²) >= 11 is 0. The highest BCUT2D eigenvalue weighted by Gasteiger charge is 2.25. The molecule has 0 saturated carbocycles. The molecule has 5 heteroatoms. The molecule has 0 aromatic carbocycles. The zero-order chi connectivity index (χ0) is 14.3. The molecule has 0 aromatic rings. The zero-order valence-electron chi connectivity index (χ0n) is 12.1. The van der Waals surface area contributed by atoms with E-state index >= 15 is 0 Å². The molecular weight excluding hydrogens is 230 g/mol. The molecule has 0 spiro atoms. The quantitative estimate of drug-likeness (QED) is 0.625. The fourth-order valence-corrected chi connectivity index (χ4v) is 1.66. The van der Waals surface area contributed by atoms with Crippen molar-refractivity contribution < 1.29 is 9.59 Å². The summed E-state index contributed by atoms with van der Waals surface area (Å²) in [6.45, 7) is 7.94. The Labute approximate surface area is 110 Å². The van der Waals surface area contributed by atoms with Crippen molar-refractivity contribution in [1.29, 1.82) is 0 Å². The molecule has 3 atom stereocenters. The van der Waals surface area contributed by atoms with Gasteiger partial charge in [0.25, 0.3) is 0 Å². The molecule has 0 aliphatic heterocycles. The van der Waals surface area contributed by atoms with Gasteiger partial charge in [-0.3, -0.25) is 9.59 Å². The van der Waals surface area contributed by atoms with E-state index in [1.54, 1.807) is 7.05 Å². The van der Waals surface area contributed by atoms with E-state index in [0.29, 0.717) is 12.3 Å². The molecule has 2 amide bonds. The monoisotopic (exact) mass is 257 g/mol. The first-order valence-electron chi connectivity index (χ1n) is 6.60. The minimum absolute atomic E-state index is 0.106. The van der Waals surface area contributed by atoms with Crippen molar-refractivity contribution >= 4 is 11.8 Å². The van der Waals surface area contributed by atoms with Crippen LogP contribution >= 0.6 is 0 Å². The van der Waals surface area contributed by atoms with Crippen LogP contribution in [0.2, 0.25) is 0 Å². The van der Waals surface area contributed by atoms with Crippen LogP contribution in [0.25, 0.3) is 0 Å². The average molecular weight is 257 g/mol. The first kappa shape index (κ1) is 16.9. The number of nitrogens with one attached hydrogen (secondary N) is 2. The van der Waals surface area contributed by atoms with Crippen LogP contribution in [0.15, 0.2) is 0 Å². The summed E-state index contributed by atoms with van der Waals surface area (Å²) in [6.07, 6.45) is 1.45. The molecule has 0 aliphatic rings. The number of rotatable bonds is 7. The molecule has 0 fully saturated rings. The Hall–Kier alpha value is -1.10. The smallest absolute Gasteiger partial charge is 0.242 e. The predicted octanol–water partition coefficient (Wildman–Crippen LogP) is 0.637. The highest BCUT2D eigenvalue weighted by molar-refractivity contribution is 5.89. The minimum atomic E-state index is -0.561. The highest BCUT2D eigenvalue weighted by atomic mass is 16.2. The number of nitrogens with two attached hydrogens (primary N) is 1. The van der Waals surface area contributed by atoms with Crippen LogP contribution < -0.4 is 16.4 Å². The Morgan fingerprint density at radius 1 is 1.17 bits per heavy atom. The lowest BCUT2D eigenvalue weighted by Gasteiger charge is -2.23. The van der Waals surface area contributed by atoms with E-state index < -0.39 is 12.1 Å². The maximum atomic E-state index is 11.9. The lowest BCUT2D eigenvalue weighted by Crippen LogP contribution is -2.53. The fourth-order valence-electron chi connectivity index (χ4n) is 1.66. The molecule has 0 radical (unpaired) electrons. The Balaban J connectivity index is 4.57. The summed E-state index contributed by atoms with van der Waals surface area (Å²) in [5.74, 6) is 0.00816. The van der Waals surface area contributed by atoms with Crippen LogP contribution in [0, 0.1) is 11.8 Å². The summed E-state index contributed by atoms with van der Waals surface area (Å²) in [6, 6.07) is -1.06. The van der Waals surface area contributed by atoms with Crippen LogP contribution in [0.5, 0.6) is 0 Å². The Morgan fingerprint density at radius 2 is 1.72 bits per heavy atom. The lowest BCUT2D eigenvalue weighted by atomic mass is 9.98. The van der Waals surface area contributed by atoms with E-state index in [1.807, 2.05) is 27.7 Å². The summed E-state index contributed by atoms with van der Waals surface area (Å²) in [7, 11) is 1.57. The topological polar surface area (TPSA) is 84.2 Å². The predicted molar refractivity (Wildman–Crippen MR) is 72.9 cm³/mol. The van der Waals surface area contributed by atoms with E-state index in [4.69, 9.17) is 5.73 Å². The normalized spacial score (nSPS) is 15.9. The molecule has 0 saturated heterocycles. The van der Waals surface area contributed by atoms with Gasteiger partial charge in [-0.2, -0.15) is 0 Å². The molecule has 0 bridgehead atoms. The van der Waals surface area contributed by atoms with Crippen LogP contribution in [-0.4, -0.2) is 30.9 Å². The van der Waals surface area contributed by atoms with Crippen molar-refractivity contribution in [2.75, 3.05) is 7.05 Å². The molecule has 106 valence electrons. The van der Waals surface area contributed by atoms with Crippen molar-refractivity contribution in [2.24, 2.45) is 17.6 Å². The molecular formula is C13H27N3O2. The standard InChI is InChI=1S/C13H27N3O2/c1-6-9(4)11(14)13(18)16-10(7-8(2)3)12(17)15-5/h8-11H,6-7,14H2,1-5H3,(H,15,17)(H,16,18). The van der Waals surface area contributed by atoms with Crippen LogP contribution in [0.4, 0.5) is 0 Å². The Morgan fingerprint density at radius 3 is 2.11 bits per heavy atom. The fraction of sp³-hybridized carbons (Fsp3) is 0.846. The first-order valence-corrected chi connectivity index (χ1v) is 6.60. The van der Waals surface area contributed by atoms with Gasteiger partial charge in [0.15, 0.2) is 0 Å². The molecule has 0 rings (SSSR count). The lowest BCUT2D eigenvalue weighted by molar-refractivity contribution is -0.130. The molecule has 5 nitrogen and oxygen atoms in total. The molecule has 0 aromatic heterocycles. The second kappa shape index (κ2) is 8.08. The van der Waals surface area contributed by atoms with E-state index in [-0.39, 0.29) is 17.7 Å². The molecule has 0 aliphatic carbocycles. The second-order valence-electron chi connectivity index (χ2n) is 5.22. The number of hydrogen-bond acceptors (Lipinski definition) is 3. The molecule has 0 heterocycles. The maximum Gasteiger partial charge on any atom is 0.242 e. The van der Waals surface area contributed by atoms with Gasteiger partial charge in [0.1, 0.15) is 6.04 Å². The average Bonchev–Trinajstić information content (AvgIpc) is 2.34. The largest absolute Gasteiger partial charge is 0.357 e. The minimum Gasteiger partial charge on any atom is -0.357 e. The number of amides is 2. The third-order valence-corrected chi connectivity index (χ3v) is 3.15. The van der Waals surface area contributed by atoms with Crippen LogP contribution in [0.1, 0.15) is 40.5 Å². The van der Waals surface area contributed by atoms with Gasteiger partial charge >= 0.3 is 0 Å². The molecule has 4 N–H and O–H groups in total. The van der Waals surface area contributed by atoms with Gasteiger partial charge in [0.2, 0.25) is 11.8 Å². The second-order valence-corrected chi connectivity index (χ2v) is 5.22. The molecule has 18 heavy (non-hydrogen) atoms. The van der Waals surface area contributed by atoms with Crippen LogP contribution in [0.3, 0.4) is 0 Å². The Bertz CT molecular complexity index is 279. The third-order valence-electron chi connectivity index (χ3n) is 3.15. The van der Waals surface area contributed by atoms with E-state index in [0.717, 1.165) is 6.42 Å². The summed E-state index contributed by atoms with van der Waals surface area (Å²) in [5, 5.41) is 5.30. The van der Waals surface area contributed by atoms with Gasteiger partial charge < -0.3 is 16.4 Å². The van der Waals surface area contributed by atoms with Crippen molar-refractivity contribution in [3.8, 4) is 0 Å². The van der Waals surface area contributed by atoms with Crippen molar-refractivity contribution in [1.82, 2.24) is 10.6 Å². The Kier molecular flexibility index (Phi) is 7.59. The van der Waals surface area contributed by atoms with E-state index in [9.17, 15) is 9.59 Å². The van der Waals surface area contributed by atoms with Crippen molar-refractivity contribution in [3.63, 3.8) is 0 Å².